The van der Waals surface area contributed by atoms with E-state index in [1.807, 2.05) is 0 Å². The molecule has 1 saturated heterocycles. The number of hydrogen-bond acceptors (Lipinski definition) is 2. The van der Waals surface area contributed by atoms with Crippen molar-refractivity contribution in [1.29, 1.82) is 0 Å². The number of fused-ring (bicyclic) bond motifs is 1. The summed E-state index contributed by atoms with van der Waals surface area (Å²) in [6, 6.07) is 4.97. The molecule has 1 heterocycles. The molecule has 3 rings (SSSR count). The summed E-state index contributed by atoms with van der Waals surface area (Å²) in [4.78, 5) is 13.1. The standard InChI is InChI=1S/C12H11F3N2O/c13-12(14,15)7-3-1-2-4-8(7)17-5-6-9(10(6)16)11(17)18/h1-4,6,9-10H,5,16H2. The average molecular weight is 256 g/mol. The number of carbonyl (C=O) groups is 1. The largest absolute Gasteiger partial charge is 0.418 e. The topological polar surface area (TPSA) is 46.3 Å². The molecule has 18 heavy (non-hydrogen) atoms. The Morgan fingerprint density at radius 1 is 1.28 bits per heavy atom. The fourth-order valence-corrected chi connectivity index (χ4v) is 2.63. The van der Waals surface area contributed by atoms with Crippen molar-refractivity contribution in [3.63, 3.8) is 0 Å². The number of alkyl halides is 3. The number of amides is 1. The highest BCUT2D eigenvalue weighted by molar-refractivity contribution is 6.01. The number of nitrogens with zero attached hydrogens (tertiary/aromatic N) is 1. The van der Waals surface area contributed by atoms with Crippen molar-refractivity contribution < 1.29 is 18.0 Å². The number of hydrogen-bond donors (Lipinski definition) is 1. The molecule has 2 fully saturated rings. The van der Waals surface area contributed by atoms with Crippen molar-refractivity contribution in [1.82, 2.24) is 0 Å². The first kappa shape index (κ1) is 11.5. The minimum atomic E-state index is -4.45. The number of piperidine rings is 1. The molecular weight excluding hydrogens is 245 g/mol. The Kier molecular flexibility index (Phi) is 2.22. The summed E-state index contributed by atoms with van der Waals surface area (Å²) < 4.78 is 38.6. The highest BCUT2D eigenvalue weighted by atomic mass is 19.4. The molecule has 2 N–H and O–H groups in total. The zero-order valence-corrected chi connectivity index (χ0v) is 9.32. The summed E-state index contributed by atoms with van der Waals surface area (Å²) in [6.45, 7) is 0.289. The van der Waals surface area contributed by atoms with E-state index in [1.165, 1.54) is 23.1 Å². The quantitative estimate of drug-likeness (QED) is 0.830. The van der Waals surface area contributed by atoms with Gasteiger partial charge in [-0.1, -0.05) is 12.1 Å². The molecule has 0 bridgehead atoms. The summed E-state index contributed by atoms with van der Waals surface area (Å²) in [5.41, 5.74) is 4.83. The van der Waals surface area contributed by atoms with Gasteiger partial charge in [0, 0.05) is 18.5 Å². The first-order chi connectivity index (χ1) is 8.41. The average Bonchev–Trinajstić information content (AvgIpc) is 2.79. The van der Waals surface area contributed by atoms with Crippen LogP contribution in [-0.4, -0.2) is 18.5 Å². The lowest BCUT2D eigenvalue weighted by molar-refractivity contribution is -0.137. The second-order valence-electron chi connectivity index (χ2n) is 4.73. The predicted molar refractivity (Wildman–Crippen MR) is 58.8 cm³/mol. The van der Waals surface area contributed by atoms with Crippen LogP contribution in [-0.2, 0) is 11.0 Å². The van der Waals surface area contributed by atoms with Crippen LogP contribution in [0.2, 0.25) is 0 Å². The monoisotopic (exact) mass is 256 g/mol. The van der Waals surface area contributed by atoms with E-state index in [-0.39, 0.29) is 36.0 Å². The van der Waals surface area contributed by atoms with Crippen molar-refractivity contribution in [2.24, 2.45) is 17.6 Å². The number of nitrogens with two attached hydrogens (primary N) is 1. The van der Waals surface area contributed by atoms with E-state index < -0.39 is 11.7 Å². The summed E-state index contributed by atoms with van der Waals surface area (Å²) in [7, 11) is 0. The fraction of sp³-hybridized carbons (Fsp3) is 0.417. The fourth-order valence-electron chi connectivity index (χ4n) is 2.63. The lowest BCUT2D eigenvalue weighted by atomic mass is 10.1. The molecule has 0 spiro atoms. The number of rotatable bonds is 1. The van der Waals surface area contributed by atoms with Crippen LogP contribution in [0.1, 0.15) is 5.56 Å². The van der Waals surface area contributed by atoms with Crippen LogP contribution in [0.25, 0.3) is 0 Å². The van der Waals surface area contributed by atoms with Crippen LogP contribution < -0.4 is 10.6 Å². The van der Waals surface area contributed by atoms with E-state index >= 15 is 0 Å². The van der Waals surface area contributed by atoms with Crippen molar-refractivity contribution in [3.8, 4) is 0 Å². The minimum absolute atomic E-state index is 0.0128. The van der Waals surface area contributed by atoms with Gasteiger partial charge in [0.15, 0.2) is 0 Å². The first-order valence-corrected chi connectivity index (χ1v) is 5.64. The van der Waals surface area contributed by atoms with E-state index in [1.54, 1.807) is 0 Å². The third kappa shape index (κ3) is 1.52. The van der Waals surface area contributed by atoms with Gasteiger partial charge in [-0.25, -0.2) is 0 Å². The van der Waals surface area contributed by atoms with Gasteiger partial charge >= 0.3 is 6.18 Å². The summed E-state index contributed by atoms with van der Waals surface area (Å²) in [6.07, 6.45) is -4.45. The molecule has 1 aromatic carbocycles. The molecule has 0 aromatic heterocycles. The lowest BCUT2D eigenvalue weighted by Crippen LogP contribution is -2.34. The third-order valence-corrected chi connectivity index (χ3v) is 3.67. The molecule has 3 nitrogen and oxygen atoms in total. The van der Waals surface area contributed by atoms with E-state index in [4.69, 9.17) is 5.73 Å². The van der Waals surface area contributed by atoms with Gasteiger partial charge < -0.3 is 10.6 Å². The molecule has 1 aliphatic heterocycles. The molecule has 1 saturated carbocycles. The second kappa shape index (κ2) is 3.47. The van der Waals surface area contributed by atoms with Crippen LogP contribution in [0.3, 0.4) is 0 Å². The lowest BCUT2D eigenvalue weighted by Gasteiger charge is -2.23. The Balaban J connectivity index is 1.97. The Hall–Kier alpha value is -1.56. The van der Waals surface area contributed by atoms with E-state index in [2.05, 4.69) is 0 Å². The van der Waals surface area contributed by atoms with Gasteiger partial charge in [-0.15, -0.1) is 0 Å². The van der Waals surface area contributed by atoms with E-state index in [0.29, 0.717) is 0 Å². The number of para-hydroxylation sites is 1. The molecule has 1 amide bonds. The SMILES string of the molecule is NC1C2CN(c3ccccc3C(F)(F)F)C(=O)C12. The molecule has 6 heteroatoms. The van der Waals surface area contributed by atoms with Crippen LogP contribution in [0.4, 0.5) is 18.9 Å². The van der Waals surface area contributed by atoms with Crippen molar-refractivity contribution in [2.75, 3.05) is 11.4 Å². The maximum absolute atomic E-state index is 12.9. The zero-order valence-electron chi connectivity index (χ0n) is 9.32. The van der Waals surface area contributed by atoms with Crippen LogP contribution in [0.15, 0.2) is 24.3 Å². The van der Waals surface area contributed by atoms with Crippen molar-refractivity contribution in [3.05, 3.63) is 29.8 Å². The summed E-state index contributed by atoms with van der Waals surface area (Å²) in [5.74, 6) is -0.561. The van der Waals surface area contributed by atoms with Crippen molar-refractivity contribution >= 4 is 11.6 Å². The smallest absolute Gasteiger partial charge is 0.327 e. The van der Waals surface area contributed by atoms with Crippen LogP contribution in [0, 0.1) is 11.8 Å². The molecule has 1 aromatic rings. The van der Waals surface area contributed by atoms with Gasteiger partial charge in [0.25, 0.3) is 0 Å². The number of anilines is 1. The number of carbonyl (C=O) groups excluding carboxylic acids is 1. The summed E-state index contributed by atoms with van der Waals surface area (Å²) >= 11 is 0. The number of benzene rings is 1. The minimum Gasteiger partial charge on any atom is -0.327 e. The van der Waals surface area contributed by atoms with Gasteiger partial charge in [-0.05, 0) is 12.1 Å². The van der Waals surface area contributed by atoms with E-state index in [9.17, 15) is 18.0 Å². The maximum atomic E-state index is 12.9. The highest BCUT2D eigenvalue weighted by Gasteiger charge is 2.60. The molecule has 3 atom stereocenters. The molecule has 3 unspecified atom stereocenters. The maximum Gasteiger partial charge on any atom is 0.418 e. The van der Waals surface area contributed by atoms with Gasteiger partial charge in [0.1, 0.15) is 0 Å². The normalized spacial score (nSPS) is 30.6. The second-order valence-corrected chi connectivity index (χ2v) is 4.73. The summed E-state index contributed by atoms with van der Waals surface area (Å²) in [5, 5.41) is 0. The van der Waals surface area contributed by atoms with E-state index in [0.717, 1.165) is 6.07 Å². The van der Waals surface area contributed by atoms with Gasteiger partial charge in [-0.3, -0.25) is 4.79 Å². The van der Waals surface area contributed by atoms with Crippen LogP contribution in [0.5, 0.6) is 0 Å². The Bertz CT molecular complexity index is 514. The van der Waals surface area contributed by atoms with Gasteiger partial charge in [0.05, 0.1) is 17.2 Å². The highest BCUT2D eigenvalue weighted by Crippen LogP contribution is 2.48. The Morgan fingerprint density at radius 2 is 1.94 bits per heavy atom. The van der Waals surface area contributed by atoms with Gasteiger partial charge in [-0.2, -0.15) is 13.2 Å². The predicted octanol–water partition coefficient (Wildman–Crippen LogP) is 1.63. The molecule has 0 radical (unpaired) electrons. The Labute approximate surface area is 101 Å². The molecule has 96 valence electrons. The van der Waals surface area contributed by atoms with Crippen molar-refractivity contribution in [2.45, 2.75) is 12.2 Å². The molecule has 2 aliphatic rings. The van der Waals surface area contributed by atoms with Gasteiger partial charge in [0.2, 0.25) is 5.91 Å². The molecular formula is C12H11F3N2O. The number of halogens is 3. The van der Waals surface area contributed by atoms with Crippen LogP contribution >= 0.6 is 0 Å². The zero-order chi connectivity index (χ0) is 13.1. The first-order valence-electron chi connectivity index (χ1n) is 5.64. The molecule has 1 aliphatic carbocycles. The Morgan fingerprint density at radius 3 is 2.50 bits per heavy atom. The third-order valence-electron chi connectivity index (χ3n) is 3.67.